The number of carbonyl (C=O) groups is 3. The summed E-state index contributed by atoms with van der Waals surface area (Å²) in [6.45, 7) is 9.74. The normalized spacial score (nSPS) is 28.7. The molecule has 0 radical (unpaired) electrons. The Balaban J connectivity index is 1.78. The van der Waals surface area contributed by atoms with Crippen LogP contribution in [0.3, 0.4) is 0 Å². The van der Waals surface area contributed by atoms with Gasteiger partial charge < -0.3 is 19.6 Å². The lowest BCUT2D eigenvalue weighted by Crippen LogP contribution is -2.55. The van der Waals surface area contributed by atoms with Gasteiger partial charge in [-0.05, 0) is 37.8 Å². The summed E-state index contributed by atoms with van der Waals surface area (Å²) < 4.78 is 4.64. The van der Waals surface area contributed by atoms with Crippen molar-refractivity contribution in [1.29, 1.82) is 0 Å². The first kappa shape index (κ1) is 25.8. The molecule has 3 aliphatic rings. The lowest BCUT2D eigenvalue weighted by Gasteiger charge is -2.37. The van der Waals surface area contributed by atoms with E-state index in [9.17, 15) is 19.5 Å². The Labute approximate surface area is 215 Å². The van der Waals surface area contributed by atoms with Gasteiger partial charge in [-0.25, -0.2) is 0 Å². The lowest BCUT2D eigenvalue weighted by molar-refractivity contribution is -0.153. The summed E-state index contributed by atoms with van der Waals surface area (Å²) in [6, 6.07) is 4.66. The third kappa shape index (κ3) is 4.19. The number of amides is 2. The maximum absolute atomic E-state index is 14.4. The van der Waals surface area contributed by atoms with Crippen molar-refractivity contribution in [3.63, 3.8) is 0 Å². The quantitative estimate of drug-likeness (QED) is 0.377. The SMILES string of the molecule is C=CCOC(=O)[C@@H]1[C@@H]2CCC3(S2)C(C(=O)N(CC=C)c2c(C)cccc2Cl)N(CCCO)C(=O)[C@H]13. The van der Waals surface area contributed by atoms with E-state index >= 15 is 0 Å². The zero-order valence-electron chi connectivity index (χ0n) is 19.8. The van der Waals surface area contributed by atoms with Crippen LogP contribution < -0.4 is 4.90 Å². The van der Waals surface area contributed by atoms with E-state index in [0.717, 1.165) is 12.0 Å². The minimum atomic E-state index is -0.783. The largest absolute Gasteiger partial charge is 0.461 e. The predicted molar refractivity (Wildman–Crippen MR) is 137 cm³/mol. The van der Waals surface area contributed by atoms with E-state index < -0.39 is 28.6 Å². The number of anilines is 1. The number of halogens is 1. The van der Waals surface area contributed by atoms with Crippen LogP contribution in [0.25, 0.3) is 0 Å². The Morgan fingerprint density at radius 3 is 2.80 bits per heavy atom. The van der Waals surface area contributed by atoms with Gasteiger partial charge in [0.15, 0.2) is 0 Å². The molecule has 188 valence electrons. The molecule has 2 unspecified atom stereocenters. The number of nitrogens with zero attached hydrogens (tertiary/aromatic N) is 2. The first-order valence-corrected chi connectivity index (χ1v) is 13.1. The molecule has 0 aliphatic carbocycles. The van der Waals surface area contributed by atoms with Gasteiger partial charge in [0.2, 0.25) is 5.91 Å². The molecule has 2 bridgehead atoms. The number of aryl methyl sites for hydroxylation is 1. The van der Waals surface area contributed by atoms with Crippen LogP contribution in [0.15, 0.2) is 43.5 Å². The van der Waals surface area contributed by atoms with Crippen LogP contribution in [0.2, 0.25) is 5.02 Å². The van der Waals surface area contributed by atoms with Crippen molar-refractivity contribution in [2.45, 2.75) is 42.2 Å². The van der Waals surface area contributed by atoms with E-state index in [1.807, 2.05) is 19.1 Å². The molecule has 2 amide bonds. The second kappa shape index (κ2) is 10.4. The van der Waals surface area contributed by atoms with Gasteiger partial charge >= 0.3 is 5.97 Å². The molecule has 0 saturated carbocycles. The van der Waals surface area contributed by atoms with E-state index in [0.29, 0.717) is 23.6 Å². The summed E-state index contributed by atoms with van der Waals surface area (Å²) in [4.78, 5) is 44.4. The number of aliphatic hydroxyl groups is 1. The molecule has 1 N–H and O–H groups in total. The summed E-state index contributed by atoms with van der Waals surface area (Å²) in [6.07, 6.45) is 4.86. The topological polar surface area (TPSA) is 87.2 Å². The highest BCUT2D eigenvalue weighted by atomic mass is 35.5. The zero-order valence-corrected chi connectivity index (χ0v) is 21.4. The fraction of sp³-hybridized carbons (Fsp3) is 0.500. The monoisotopic (exact) mass is 518 g/mol. The molecule has 0 aromatic heterocycles. The number of hydrogen-bond acceptors (Lipinski definition) is 6. The summed E-state index contributed by atoms with van der Waals surface area (Å²) in [5.41, 5.74) is 1.43. The van der Waals surface area contributed by atoms with Crippen molar-refractivity contribution >= 4 is 46.8 Å². The zero-order chi connectivity index (χ0) is 25.3. The number of ether oxygens (including phenoxy) is 1. The third-order valence-electron chi connectivity index (χ3n) is 7.24. The Morgan fingerprint density at radius 1 is 1.37 bits per heavy atom. The molecule has 9 heteroatoms. The minimum absolute atomic E-state index is 0.0774. The van der Waals surface area contributed by atoms with Crippen LogP contribution in [-0.4, -0.2) is 70.1 Å². The number of esters is 1. The summed E-state index contributed by atoms with van der Waals surface area (Å²) >= 11 is 8.12. The third-order valence-corrected chi connectivity index (χ3v) is 9.50. The molecule has 1 aromatic rings. The fourth-order valence-corrected chi connectivity index (χ4v) is 8.48. The number of benzene rings is 1. The van der Waals surface area contributed by atoms with E-state index in [1.165, 1.54) is 6.08 Å². The highest BCUT2D eigenvalue weighted by molar-refractivity contribution is 8.02. The maximum atomic E-state index is 14.4. The van der Waals surface area contributed by atoms with Gasteiger partial charge in [0.25, 0.3) is 5.91 Å². The number of thioether (sulfide) groups is 1. The van der Waals surface area contributed by atoms with Crippen LogP contribution in [0.1, 0.15) is 24.8 Å². The fourth-order valence-electron chi connectivity index (χ4n) is 5.95. The molecular weight excluding hydrogens is 488 g/mol. The van der Waals surface area contributed by atoms with E-state index in [1.54, 1.807) is 33.7 Å². The second-order valence-corrected chi connectivity index (χ2v) is 11.2. The molecular formula is C26H31ClN2O5S. The van der Waals surface area contributed by atoms with Crippen LogP contribution in [0, 0.1) is 18.8 Å². The molecule has 3 heterocycles. The maximum Gasteiger partial charge on any atom is 0.311 e. The summed E-state index contributed by atoms with van der Waals surface area (Å²) in [7, 11) is 0. The number of rotatable bonds is 10. The van der Waals surface area contributed by atoms with E-state index in [-0.39, 0.29) is 43.4 Å². The summed E-state index contributed by atoms with van der Waals surface area (Å²) in [5, 5.41) is 9.86. The van der Waals surface area contributed by atoms with Gasteiger partial charge in [-0.3, -0.25) is 14.4 Å². The van der Waals surface area contributed by atoms with Crippen molar-refractivity contribution in [2.75, 3.05) is 31.2 Å². The van der Waals surface area contributed by atoms with Gasteiger partial charge in [0.1, 0.15) is 12.6 Å². The van der Waals surface area contributed by atoms with Gasteiger partial charge in [-0.1, -0.05) is 42.5 Å². The molecule has 7 nitrogen and oxygen atoms in total. The number of hydrogen-bond donors (Lipinski definition) is 1. The average Bonchev–Trinajstić information content (AvgIpc) is 3.47. The number of likely N-dealkylation sites (tertiary alicyclic amines) is 1. The molecule has 3 aliphatic heterocycles. The minimum Gasteiger partial charge on any atom is -0.461 e. The molecule has 1 aromatic carbocycles. The molecule has 4 rings (SSSR count). The standard InChI is InChI=1S/C26H31ClN2O5S/c1-4-12-28(21-16(3)8-6-9-17(21)27)24(32)22-26-11-10-18(35-26)19(25(33)34-15-5-2)20(26)23(31)29(22)13-7-14-30/h4-6,8-9,18-20,22,30H,1-2,7,10-15H2,3H3/t18-,19+,20-,22?,26?/m0/s1. The molecule has 35 heavy (non-hydrogen) atoms. The Morgan fingerprint density at radius 2 is 2.14 bits per heavy atom. The van der Waals surface area contributed by atoms with Crippen LogP contribution in [-0.2, 0) is 19.1 Å². The highest BCUT2D eigenvalue weighted by Crippen LogP contribution is 2.66. The molecule has 5 atom stereocenters. The highest BCUT2D eigenvalue weighted by Gasteiger charge is 2.74. The first-order valence-electron chi connectivity index (χ1n) is 11.9. The number of para-hydroxylation sites is 1. The van der Waals surface area contributed by atoms with Crippen molar-refractivity contribution in [2.24, 2.45) is 11.8 Å². The van der Waals surface area contributed by atoms with Crippen LogP contribution in [0.4, 0.5) is 5.69 Å². The number of fused-ring (bicyclic) bond motifs is 1. The number of carbonyl (C=O) groups excluding carboxylic acids is 3. The van der Waals surface area contributed by atoms with Gasteiger partial charge in [0, 0.05) is 24.9 Å². The number of aliphatic hydroxyl groups excluding tert-OH is 1. The molecule has 1 spiro atoms. The summed E-state index contributed by atoms with van der Waals surface area (Å²) in [5.74, 6) is -2.13. The van der Waals surface area contributed by atoms with Gasteiger partial charge in [0.05, 0.1) is 27.3 Å². The predicted octanol–water partition coefficient (Wildman–Crippen LogP) is 3.37. The Kier molecular flexibility index (Phi) is 7.64. The van der Waals surface area contributed by atoms with E-state index in [4.69, 9.17) is 16.3 Å². The second-order valence-electron chi connectivity index (χ2n) is 9.23. The molecule has 3 saturated heterocycles. The van der Waals surface area contributed by atoms with Gasteiger partial charge in [-0.2, -0.15) is 0 Å². The Bertz CT molecular complexity index is 1030. The molecule has 3 fully saturated rings. The first-order chi connectivity index (χ1) is 16.8. The van der Waals surface area contributed by atoms with Crippen LogP contribution in [0.5, 0.6) is 0 Å². The smallest absolute Gasteiger partial charge is 0.311 e. The van der Waals surface area contributed by atoms with Crippen molar-refractivity contribution in [3.05, 3.63) is 54.1 Å². The van der Waals surface area contributed by atoms with Crippen molar-refractivity contribution in [1.82, 2.24) is 4.90 Å². The van der Waals surface area contributed by atoms with Gasteiger partial charge in [-0.15, -0.1) is 18.3 Å². The lowest BCUT2D eigenvalue weighted by atomic mass is 9.71. The Hall–Kier alpha value is -2.29. The van der Waals surface area contributed by atoms with E-state index in [2.05, 4.69) is 13.2 Å². The average molecular weight is 519 g/mol. The van der Waals surface area contributed by atoms with Crippen molar-refractivity contribution < 1.29 is 24.2 Å². The van der Waals surface area contributed by atoms with Crippen molar-refractivity contribution in [3.8, 4) is 0 Å². The van der Waals surface area contributed by atoms with Crippen LogP contribution >= 0.6 is 23.4 Å².